The number of aliphatic hydroxyl groups is 1. The molecule has 0 fully saturated rings. The minimum atomic E-state index is 0.159. The van der Waals surface area contributed by atoms with E-state index in [9.17, 15) is 0 Å². The van der Waals surface area contributed by atoms with Gasteiger partial charge < -0.3 is 15.2 Å². The van der Waals surface area contributed by atoms with Crippen molar-refractivity contribution in [2.75, 3.05) is 20.3 Å². The van der Waals surface area contributed by atoms with Gasteiger partial charge in [0.1, 0.15) is 0 Å². The molecule has 1 atom stereocenters. The topological polar surface area (TPSA) is 59.3 Å². The van der Waals surface area contributed by atoms with Crippen LogP contribution in [-0.2, 0) is 24.2 Å². The molecule has 1 heterocycles. The van der Waals surface area contributed by atoms with Crippen LogP contribution in [0.5, 0.6) is 0 Å². The zero-order valence-corrected chi connectivity index (χ0v) is 13.5. The lowest BCUT2D eigenvalue weighted by atomic mass is 10.2. The Bertz CT molecular complexity index is 376. The van der Waals surface area contributed by atoms with Crippen LogP contribution in [0.4, 0.5) is 0 Å². The van der Waals surface area contributed by atoms with Crippen LogP contribution in [-0.4, -0.2) is 41.3 Å². The molecule has 1 unspecified atom stereocenters. The Hall–Kier alpha value is -0.430. The number of aromatic nitrogens is 2. The summed E-state index contributed by atoms with van der Waals surface area (Å²) in [5, 5.41) is 17.0. The Labute approximate surface area is 123 Å². The van der Waals surface area contributed by atoms with Crippen LogP contribution in [0.15, 0.2) is 4.47 Å². The molecule has 0 aliphatic heterocycles. The first-order valence-corrected chi connectivity index (χ1v) is 7.54. The van der Waals surface area contributed by atoms with Gasteiger partial charge in [-0.05, 0) is 35.7 Å². The highest BCUT2D eigenvalue weighted by Gasteiger charge is 2.15. The predicted octanol–water partition coefficient (Wildman–Crippen LogP) is 1.71. The molecular formula is C13H24BrN3O2. The summed E-state index contributed by atoms with van der Waals surface area (Å²) in [6.07, 6.45) is 1.60. The van der Waals surface area contributed by atoms with Crippen molar-refractivity contribution in [2.24, 2.45) is 0 Å². The molecule has 19 heavy (non-hydrogen) atoms. The number of halogens is 1. The molecule has 0 saturated heterocycles. The van der Waals surface area contributed by atoms with Crippen molar-refractivity contribution in [3.63, 3.8) is 0 Å². The van der Waals surface area contributed by atoms with E-state index in [0.29, 0.717) is 13.0 Å². The summed E-state index contributed by atoms with van der Waals surface area (Å²) in [5.74, 6) is 0. The van der Waals surface area contributed by atoms with Crippen molar-refractivity contribution >= 4 is 15.9 Å². The second kappa shape index (κ2) is 8.68. The van der Waals surface area contributed by atoms with Gasteiger partial charge in [0, 0.05) is 32.8 Å². The molecule has 0 aliphatic rings. The van der Waals surface area contributed by atoms with Gasteiger partial charge in [-0.2, -0.15) is 5.10 Å². The second-order valence-corrected chi connectivity index (χ2v) is 5.22. The zero-order chi connectivity index (χ0) is 14.3. The molecule has 0 aliphatic carbocycles. The smallest absolute Gasteiger partial charge is 0.0767 e. The maximum Gasteiger partial charge on any atom is 0.0767 e. The molecule has 0 aromatic carbocycles. The first-order chi connectivity index (χ1) is 9.17. The van der Waals surface area contributed by atoms with Crippen molar-refractivity contribution in [1.82, 2.24) is 15.1 Å². The number of hydrogen-bond acceptors (Lipinski definition) is 4. The van der Waals surface area contributed by atoms with E-state index < -0.39 is 0 Å². The SMILES string of the molecule is CCc1nn(CC)c(CNC(CCO)COC)c1Br. The standard InChI is InChI=1S/C13H24BrN3O2/c1-4-11-13(14)12(17(5-2)16-11)8-15-10(6-7-18)9-19-3/h10,15,18H,4-9H2,1-3H3. The van der Waals surface area contributed by atoms with Crippen LogP contribution in [0.3, 0.4) is 0 Å². The molecule has 1 aromatic rings. The Morgan fingerprint density at radius 3 is 2.74 bits per heavy atom. The molecule has 1 aromatic heterocycles. The second-order valence-electron chi connectivity index (χ2n) is 4.42. The van der Waals surface area contributed by atoms with E-state index in [1.807, 2.05) is 4.68 Å². The summed E-state index contributed by atoms with van der Waals surface area (Å²) in [7, 11) is 1.67. The lowest BCUT2D eigenvalue weighted by molar-refractivity contribution is 0.147. The van der Waals surface area contributed by atoms with Gasteiger partial charge in [-0.25, -0.2) is 0 Å². The molecule has 0 amide bonds. The van der Waals surface area contributed by atoms with E-state index in [1.54, 1.807) is 7.11 Å². The van der Waals surface area contributed by atoms with Crippen molar-refractivity contribution in [3.05, 3.63) is 15.9 Å². The van der Waals surface area contributed by atoms with Crippen molar-refractivity contribution in [1.29, 1.82) is 0 Å². The highest BCUT2D eigenvalue weighted by atomic mass is 79.9. The number of aliphatic hydroxyl groups excluding tert-OH is 1. The van der Waals surface area contributed by atoms with E-state index in [1.165, 1.54) is 0 Å². The quantitative estimate of drug-likeness (QED) is 0.722. The van der Waals surface area contributed by atoms with Crippen LogP contribution in [0.2, 0.25) is 0 Å². The molecule has 0 radical (unpaired) electrons. The molecule has 2 N–H and O–H groups in total. The number of ether oxygens (including phenoxy) is 1. The molecular weight excluding hydrogens is 310 g/mol. The third-order valence-electron chi connectivity index (χ3n) is 3.10. The van der Waals surface area contributed by atoms with Crippen molar-refractivity contribution < 1.29 is 9.84 Å². The van der Waals surface area contributed by atoms with Gasteiger partial charge in [0.25, 0.3) is 0 Å². The Morgan fingerprint density at radius 1 is 1.47 bits per heavy atom. The monoisotopic (exact) mass is 333 g/mol. The van der Waals surface area contributed by atoms with Crippen LogP contribution >= 0.6 is 15.9 Å². The summed E-state index contributed by atoms with van der Waals surface area (Å²) in [5.41, 5.74) is 2.24. The van der Waals surface area contributed by atoms with Gasteiger partial charge in [-0.1, -0.05) is 6.92 Å². The summed E-state index contributed by atoms with van der Waals surface area (Å²) < 4.78 is 8.25. The highest BCUT2D eigenvalue weighted by Crippen LogP contribution is 2.22. The Morgan fingerprint density at radius 2 is 2.21 bits per heavy atom. The van der Waals surface area contributed by atoms with Crippen LogP contribution < -0.4 is 5.32 Å². The van der Waals surface area contributed by atoms with Gasteiger partial charge in [0.05, 0.1) is 22.5 Å². The normalized spacial score (nSPS) is 12.9. The minimum Gasteiger partial charge on any atom is -0.396 e. The van der Waals surface area contributed by atoms with E-state index in [-0.39, 0.29) is 12.6 Å². The number of rotatable bonds is 9. The van der Waals surface area contributed by atoms with Crippen LogP contribution in [0.25, 0.3) is 0 Å². The summed E-state index contributed by atoms with van der Waals surface area (Å²) in [6.45, 7) is 6.51. The molecule has 5 nitrogen and oxygen atoms in total. The Kier molecular flexibility index (Phi) is 7.60. The number of nitrogens with one attached hydrogen (secondary N) is 1. The van der Waals surface area contributed by atoms with Gasteiger partial charge >= 0.3 is 0 Å². The number of methoxy groups -OCH3 is 1. The average Bonchev–Trinajstić information content (AvgIpc) is 2.72. The van der Waals surface area contributed by atoms with E-state index in [4.69, 9.17) is 9.84 Å². The van der Waals surface area contributed by atoms with E-state index >= 15 is 0 Å². The maximum atomic E-state index is 9.04. The largest absolute Gasteiger partial charge is 0.396 e. The molecule has 0 saturated carbocycles. The average molecular weight is 334 g/mol. The van der Waals surface area contributed by atoms with Gasteiger partial charge in [-0.15, -0.1) is 0 Å². The lowest BCUT2D eigenvalue weighted by Gasteiger charge is -2.17. The lowest BCUT2D eigenvalue weighted by Crippen LogP contribution is -2.34. The molecule has 110 valence electrons. The fraction of sp³-hybridized carbons (Fsp3) is 0.769. The van der Waals surface area contributed by atoms with Crippen molar-refractivity contribution in [2.45, 2.75) is 45.8 Å². The number of nitrogens with zero attached hydrogens (tertiary/aromatic N) is 2. The number of aryl methyl sites for hydroxylation is 2. The third kappa shape index (κ3) is 4.56. The third-order valence-corrected chi connectivity index (χ3v) is 4.01. The molecule has 1 rings (SSSR count). The first kappa shape index (κ1) is 16.6. The maximum absolute atomic E-state index is 9.04. The Balaban J connectivity index is 2.72. The van der Waals surface area contributed by atoms with E-state index in [0.717, 1.165) is 35.4 Å². The van der Waals surface area contributed by atoms with Crippen LogP contribution in [0.1, 0.15) is 31.7 Å². The molecule has 6 heteroatoms. The predicted molar refractivity (Wildman–Crippen MR) is 79.2 cm³/mol. The van der Waals surface area contributed by atoms with Gasteiger partial charge in [0.2, 0.25) is 0 Å². The van der Waals surface area contributed by atoms with Gasteiger partial charge in [-0.3, -0.25) is 4.68 Å². The minimum absolute atomic E-state index is 0.159. The fourth-order valence-corrected chi connectivity index (χ4v) is 2.73. The zero-order valence-electron chi connectivity index (χ0n) is 11.9. The first-order valence-electron chi connectivity index (χ1n) is 6.75. The van der Waals surface area contributed by atoms with Crippen LogP contribution in [0, 0.1) is 0 Å². The van der Waals surface area contributed by atoms with Crippen molar-refractivity contribution in [3.8, 4) is 0 Å². The number of hydrogen-bond donors (Lipinski definition) is 2. The molecule has 0 bridgehead atoms. The van der Waals surface area contributed by atoms with E-state index in [2.05, 4.69) is 40.2 Å². The highest BCUT2D eigenvalue weighted by molar-refractivity contribution is 9.10. The summed E-state index contributed by atoms with van der Waals surface area (Å²) in [6, 6.07) is 0.159. The van der Waals surface area contributed by atoms with Gasteiger partial charge in [0.15, 0.2) is 0 Å². The fourth-order valence-electron chi connectivity index (χ4n) is 2.03. The summed E-state index contributed by atoms with van der Waals surface area (Å²) >= 11 is 3.63. The molecule has 0 spiro atoms. The summed E-state index contributed by atoms with van der Waals surface area (Å²) in [4.78, 5) is 0.